The zero-order valence-electron chi connectivity index (χ0n) is 18.3. The number of allylic oxidation sites excluding steroid dienone is 1. The van der Waals surface area contributed by atoms with E-state index in [1.54, 1.807) is 13.2 Å². The number of hydrogen-bond acceptors (Lipinski definition) is 5. The second kappa shape index (κ2) is 9.23. The normalized spacial score (nSPS) is 17.8. The number of furan rings is 1. The Morgan fingerprint density at radius 2 is 2.03 bits per heavy atom. The highest BCUT2D eigenvalue weighted by atomic mass is 16.5. The fourth-order valence-corrected chi connectivity index (χ4v) is 4.58. The lowest BCUT2D eigenvalue weighted by atomic mass is 9.93. The number of nitrogens with one attached hydrogen (secondary N) is 1. The molecule has 0 radical (unpaired) electrons. The molecule has 2 heterocycles. The second-order valence-corrected chi connectivity index (χ2v) is 8.24. The standard InChI is InChI=1S/C24H32N2O4/c1-16(14-22(27)25-8-9-26-10-12-29-13-11-26)19-15-20-18-6-4-5-7-21(18)30-24(20)17(2)23(19)28-3/h14-15H,4-13H2,1-3H3,(H,25,27)/b16-14+. The zero-order chi connectivity index (χ0) is 21.1. The molecule has 2 aliphatic rings. The lowest BCUT2D eigenvalue weighted by molar-refractivity contribution is -0.116. The van der Waals surface area contributed by atoms with Crippen molar-refractivity contribution in [3.63, 3.8) is 0 Å². The predicted octanol–water partition coefficient (Wildman–Crippen LogP) is 3.48. The van der Waals surface area contributed by atoms with Crippen LogP contribution in [0, 0.1) is 6.92 Å². The molecule has 0 bridgehead atoms. The van der Waals surface area contributed by atoms with Crippen LogP contribution in [0.4, 0.5) is 0 Å². The molecule has 30 heavy (non-hydrogen) atoms. The molecule has 0 atom stereocenters. The van der Waals surface area contributed by atoms with Crippen molar-refractivity contribution < 1.29 is 18.7 Å². The number of benzene rings is 1. The number of hydrogen-bond donors (Lipinski definition) is 1. The molecular formula is C24H32N2O4. The average Bonchev–Trinajstić information content (AvgIpc) is 3.13. The van der Waals surface area contributed by atoms with Gasteiger partial charge >= 0.3 is 0 Å². The van der Waals surface area contributed by atoms with Gasteiger partial charge < -0.3 is 19.2 Å². The molecule has 1 amide bonds. The van der Waals surface area contributed by atoms with Crippen LogP contribution in [0.25, 0.3) is 16.5 Å². The summed E-state index contributed by atoms with van der Waals surface area (Å²) in [5.41, 5.74) is 5.10. The first-order valence-corrected chi connectivity index (χ1v) is 11.0. The second-order valence-electron chi connectivity index (χ2n) is 8.24. The maximum absolute atomic E-state index is 12.5. The van der Waals surface area contributed by atoms with Crippen LogP contribution in [0.15, 0.2) is 16.6 Å². The Kier molecular flexibility index (Phi) is 6.44. The fourth-order valence-electron chi connectivity index (χ4n) is 4.58. The van der Waals surface area contributed by atoms with Crippen molar-refractivity contribution in [2.75, 3.05) is 46.5 Å². The molecular weight excluding hydrogens is 380 g/mol. The maximum Gasteiger partial charge on any atom is 0.244 e. The molecule has 2 aromatic rings. The van der Waals surface area contributed by atoms with Crippen LogP contribution in [-0.2, 0) is 22.4 Å². The van der Waals surface area contributed by atoms with E-state index in [1.807, 2.05) is 13.8 Å². The monoisotopic (exact) mass is 412 g/mol. The lowest BCUT2D eigenvalue weighted by Gasteiger charge is -2.26. The van der Waals surface area contributed by atoms with Crippen LogP contribution in [0.2, 0.25) is 0 Å². The summed E-state index contributed by atoms with van der Waals surface area (Å²) in [6, 6.07) is 2.14. The molecule has 6 heteroatoms. The molecule has 1 aromatic carbocycles. The Morgan fingerprint density at radius 1 is 1.27 bits per heavy atom. The summed E-state index contributed by atoms with van der Waals surface area (Å²) in [7, 11) is 1.68. The van der Waals surface area contributed by atoms with Crippen LogP contribution in [-0.4, -0.2) is 57.3 Å². The number of amides is 1. The summed E-state index contributed by atoms with van der Waals surface area (Å²) in [4.78, 5) is 14.8. The number of methoxy groups -OCH3 is 1. The largest absolute Gasteiger partial charge is 0.496 e. The van der Waals surface area contributed by atoms with E-state index in [-0.39, 0.29) is 5.91 Å². The lowest BCUT2D eigenvalue weighted by Crippen LogP contribution is -2.41. The SMILES string of the molecule is COc1c(/C(C)=C/C(=O)NCCN2CCOCC2)cc2c3c(oc2c1C)CCCC3. The molecule has 0 spiro atoms. The summed E-state index contributed by atoms with van der Waals surface area (Å²) in [6.45, 7) is 8.88. The van der Waals surface area contributed by atoms with Crippen LogP contribution < -0.4 is 10.1 Å². The van der Waals surface area contributed by atoms with E-state index < -0.39 is 0 Å². The highest BCUT2D eigenvalue weighted by Gasteiger charge is 2.23. The first kappa shape index (κ1) is 20.9. The molecule has 1 aliphatic heterocycles. The Morgan fingerprint density at radius 3 is 2.80 bits per heavy atom. The van der Waals surface area contributed by atoms with E-state index >= 15 is 0 Å². The highest BCUT2D eigenvalue weighted by molar-refractivity contribution is 5.98. The van der Waals surface area contributed by atoms with E-state index in [9.17, 15) is 4.79 Å². The van der Waals surface area contributed by atoms with Crippen LogP contribution in [0.1, 0.15) is 42.2 Å². The summed E-state index contributed by atoms with van der Waals surface area (Å²) in [5, 5.41) is 4.17. The van der Waals surface area contributed by atoms with Crippen molar-refractivity contribution in [3.8, 4) is 5.75 Å². The fraction of sp³-hybridized carbons (Fsp3) is 0.542. The Balaban J connectivity index is 1.53. The van der Waals surface area contributed by atoms with Crippen molar-refractivity contribution >= 4 is 22.4 Å². The van der Waals surface area contributed by atoms with Crippen molar-refractivity contribution in [2.45, 2.75) is 39.5 Å². The number of nitrogens with zero attached hydrogens (tertiary/aromatic N) is 1. The molecule has 1 N–H and O–H groups in total. The van der Waals surface area contributed by atoms with Crippen LogP contribution in [0.3, 0.4) is 0 Å². The van der Waals surface area contributed by atoms with Gasteiger partial charge in [0.15, 0.2) is 0 Å². The van der Waals surface area contributed by atoms with E-state index in [0.29, 0.717) is 6.54 Å². The molecule has 0 unspecified atom stereocenters. The molecule has 6 nitrogen and oxygen atoms in total. The van der Waals surface area contributed by atoms with Gasteiger partial charge in [-0.2, -0.15) is 0 Å². The van der Waals surface area contributed by atoms with E-state index in [0.717, 1.165) is 79.5 Å². The molecule has 1 aromatic heterocycles. The maximum atomic E-state index is 12.5. The van der Waals surface area contributed by atoms with Crippen molar-refractivity contribution in [2.24, 2.45) is 0 Å². The van der Waals surface area contributed by atoms with Gasteiger partial charge in [0.2, 0.25) is 5.91 Å². The van der Waals surface area contributed by atoms with Crippen molar-refractivity contribution in [3.05, 3.63) is 34.6 Å². The first-order chi connectivity index (χ1) is 14.6. The number of rotatable bonds is 6. The minimum atomic E-state index is -0.0743. The molecule has 0 saturated carbocycles. The van der Waals surface area contributed by atoms with Gasteiger partial charge in [-0.25, -0.2) is 0 Å². The Hall–Kier alpha value is -2.31. The van der Waals surface area contributed by atoms with Crippen molar-refractivity contribution in [1.29, 1.82) is 0 Å². The Labute approximate surface area is 178 Å². The third-order valence-corrected chi connectivity index (χ3v) is 6.23. The van der Waals surface area contributed by atoms with Gasteiger partial charge in [0.25, 0.3) is 0 Å². The van der Waals surface area contributed by atoms with E-state index in [4.69, 9.17) is 13.9 Å². The summed E-state index contributed by atoms with van der Waals surface area (Å²) in [6.07, 6.45) is 6.11. The van der Waals surface area contributed by atoms with E-state index in [2.05, 4.69) is 16.3 Å². The number of carbonyl (C=O) groups is 1. The summed E-state index contributed by atoms with van der Waals surface area (Å²) >= 11 is 0. The van der Waals surface area contributed by atoms with Gasteiger partial charge in [-0.3, -0.25) is 9.69 Å². The van der Waals surface area contributed by atoms with Gasteiger partial charge in [-0.1, -0.05) is 0 Å². The number of carbonyl (C=O) groups excluding carboxylic acids is 1. The number of ether oxygens (including phenoxy) is 2. The summed E-state index contributed by atoms with van der Waals surface area (Å²) < 4.78 is 17.3. The van der Waals surface area contributed by atoms with Gasteiger partial charge in [0.1, 0.15) is 17.1 Å². The quantitative estimate of drug-likeness (QED) is 0.736. The molecule has 162 valence electrons. The molecule has 1 fully saturated rings. The third kappa shape index (κ3) is 4.25. The van der Waals surface area contributed by atoms with Gasteiger partial charge in [0, 0.05) is 60.8 Å². The van der Waals surface area contributed by atoms with Crippen LogP contribution in [0.5, 0.6) is 5.75 Å². The minimum Gasteiger partial charge on any atom is -0.496 e. The van der Waals surface area contributed by atoms with Crippen molar-refractivity contribution in [1.82, 2.24) is 10.2 Å². The average molecular weight is 413 g/mol. The first-order valence-electron chi connectivity index (χ1n) is 11.0. The van der Waals surface area contributed by atoms with Crippen LogP contribution >= 0.6 is 0 Å². The molecule has 1 aliphatic carbocycles. The topological polar surface area (TPSA) is 63.9 Å². The molecule has 1 saturated heterocycles. The Bertz CT molecular complexity index is 954. The number of morpholine rings is 1. The third-order valence-electron chi connectivity index (χ3n) is 6.23. The highest BCUT2D eigenvalue weighted by Crippen LogP contribution is 2.40. The van der Waals surface area contributed by atoms with E-state index in [1.165, 1.54) is 23.8 Å². The van der Waals surface area contributed by atoms with Gasteiger partial charge in [-0.15, -0.1) is 0 Å². The predicted molar refractivity (Wildman–Crippen MR) is 118 cm³/mol. The van der Waals surface area contributed by atoms with Gasteiger partial charge in [0.05, 0.1) is 20.3 Å². The van der Waals surface area contributed by atoms with Gasteiger partial charge in [-0.05, 0) is 44.7 Å². The molecule has 4 rings (SSSR count). The smallest absolute Gasteiger partial charge is 0.244 e. The number of fused-ring (bicyclic) bond motifs is 3. The zero-order valence-corrected chi connectivity index (χ0v) is 18.3. The number of aryl methyl sites for hydroxylation is 3. The minimum absolute atomic E-state index is 0.0743. The summed E-state index contributed by atoms with van der Waals surface area (Å²) in [5.74, 6) is 1.82.